The number of nitrogens with two attached hydrogens (primary N) is 1. The average Bonchev–Trinajstić information content (AvgIpc) is 3.36. The van der Waals surface area contributed by atoms with Crippen LogP contribution in [0.4, 0.5) is 11.4 Å². The summed E-state index contributed by atoms with van der Waals surface area (Å²) in [5, 5.41) is 4.69. The second-order valence-electron chi connectivity index (χ2n) is 7.08. The average molecular weight is 400 g/mol. The van der Waals surface area contributed by atoms with E-state index in [4.69, 9.17) is 15.1 Å². The van der Waals surface area contributed by atoms with Gasteiger partial charge >= 0.3 is 0 Å². The number of oxazole rings is 1. The number of rotatable bonds is 5. The Kier molecular flexibility index (Phi) is 4.45. The van der Waals surface area contributed by atoms with Crippen molar-refractivity contribution in [3.05, 3.63) is 66.7 Å². The van der Waals surface area contributed by atoms with Gasteiger partial charge in [0.1, 0.15) is 5.52 Å². The van der Waals surface area contributed by atoms with E-state index < -0.39 is 0 Å². The van der Waals surface area contributed by atoms with E-state index in [0.717, 1.165) is 40.9 Å². The molecule has 0 bridgehead atoms. The lowest BCUT2D eigenvalue weighted by Crippen LogP contribution is -2.02. The summed E-state index contributed by atoms with van der Waals surface area (Å²) < 4.78 is 7.36. The van der Waals surface area contributed by atoms with Crippen molar-refractivity contribution in [2.24, 2.45) is 0 Å². The van der Waals surface area contributed by atoms with Gasteiger partial charge in [0.25, 0.3) is 0 Å². The molecule has 29 heavy (non-hydrogen) atoms. The van der Waals surface area contributed by atoms with E-state index in [0.29, 0.717) is 11.6 Å². The van der Waals surface area contributed by atoms with Gasteiger partial charge in [-0.25, -0.2) is 4.98 Å². The van der Waals surface area contributed by atoms with Crippen molar-refractivity contribution in [2.75, 3.05) is 17.6 Å². The number of hydrogen-bond donors (Lipinski definition) is 2. The van der Waals surface area contributed by atoms with Gasteiger partial charge < -0.3 is 15.5 Å². The number of fused-ring (bicyclic) bond motifs is 2. The summed E-state index contributed by atoms with van der Waals surface area (Å²) in [6, 6.07) is 22.7. The van der Waals surface area contributed by atoms with Crippen molar-refractivity contribution in [1.82, 2.24) is 4.98 Å². The van der Waals surface area contributed by atoms with E-state index >= 15 is 0 Å². The van der Waals surface area contributed by atoms with Gasteiger partial charge in [-0.15, -0.1) is 11.3 Å². The molecular formula is C24H21N3OS. The lowest BCUT2D eigenvalue weighted by atomic mass is 10.1. The highest BCUT2D eigenvalue weighted by Crippen LogP contribution is 2.36. The maximum Gasteiger partial charge on any atom is 0.229 e. The Morgan fingerprint density at radius 1 is 1.03 bits per heavy atom. The van der Waals surface area contributed by atoms with E-state index in [1.165, 1.54) is 15.0 Å². The highest BCUT2D eigenvalue weighted by Gasteiger charge is 2.14. The molecule has 2 aromatic heterocycles. The molecule has 144 valence electrons. The van der Waals surface area contributed by atoms with Gasteiger partial charge in [-0.2, -0.15) is 0 Å². The SMILES string of the molecule is CCCNc1ccc(N)cc1-c1nc2cc(-c3cc4ccccc4s3)ccc2o1. The predicted molar refractivity (Wildman–Crippen MR) is 123 cm³/mol. The highest BCUT2D eigenvalue weighted by molar-refractivity contribution is 7.22. The molecule has 0 radical (unpaired) electrons. The number of nitrogen functional groups attached to an aromatic ring is 1. The molecule has 3 aromatic carbocycles. The molecule has 0 unspecified atom stereocenters. The number of thiophene rings is 1. The van der Waals surface area contributed by atoms with Crippen molar-refractivity contribution in [1.29, 1.82) is 0 Å². The Balaban J connectivity index is 1.57. The first-order valence-corrected chi connectivity index (χ1v) is 10.6. The monoisotopic (exact) mass is 399 g/mol. The summed E-state index contributed by atoms with van der Waals surface area (Å²) in [6.07, 6.45) is 1.04. The van der Waals surface area contributed by atoms with E-state index in [2.05, 4.69) is 54.7 Å². The molecule has 4 nitrogen and oxygen atoms in total. The zero-order valence-corrected chi connectivity index (χ0v) is 16.9. The minimum absolute atomic E-state index is 0.583. The minimum Gasteiger partial charge on any atom is -0.436 e. The summed E-state index contributed by atoms with van der Waals surface area (Å²) >= 11 is 1.79. The van der Waals surface area contributed by atoms with Crippen LogP contribution in [0.3, 0.4) is 0 Å². The lowest BCUT2D eigenvalue weighted by Gasteiger charge is -2.09. The molecule has 0 aliphatic heterocycles. The molecule has 3 N–H and O–H groups in total. The fraction of sp³-hybridized carbons (Fsp3) is 0.125. The molecule has 0 fully saturated rings. The van der Waals surface area contributed by atoms with Gasteiger partial charge in [0.05, 0.1) is 5.56 Å². The van der Waals surface area contributed by atoms with Crippen LogP contribution in [0, 0.1) is 0 Å². The quantitative estimate of drug-likeness (QED) is 0.320. The van der Waals surface area contributed by atoms with Crippen LogP contribution in [0.1, 0.15) is 13.3 Å². The first-order valence-electron chi connectivity index (χ1n) is 9.74. The number of benzene rings is 3. The Morgan fingerprint density at radius 3 is 2.79 bits per heavy atom. The lowest BCUT2D eigenvalue weighted by molar-refractivity contribution is 0.620. The molecule has 5 aromatic rings. The maximum atomic E-state index is 6.08. The predicted octanol–water partition coefficient (Wildman–Crippen LogP) is 6.78. The molecule has 5 rings (SSSR count). The van der Waals surface area contributed by atoms with Gasteiger partial charge in [0.15, 0.2) is 5.58 Å². The number of nitrogens with one attached hydrogen (secondary N) is 1. The topological polar surface area (TPSA) is 64.1 Å². The summed E-state index contributed by atoms with van der Waals surface area (Å²) in [7, 11) is 0. The molecule has 5 heteroatoms. The molecule has 2 heterocycles. The fourth-order valence-corrected chi connectivity index (χ4v) is 4.53. The first kappa shape index (κ1) is 17.8. The van der Waals surface area contributed by atoms with Gasteiger partial charge in [0, 0.05) is 27.5 Å². The van der Waals surface area contributed by atoms with Crippen molar-refractivity contribution in [3.8, 4) is 21.9 Å². The van der Waals surface area contributed by atoms with Gasteiger partial charge in [-0.05, 0) is 65.9 Å². The van der Waals surface area contributed by atoms with Crippen LogP contribution in [-0.2, 0) is 0 Å². The smallest absolute Gasteiger partial charge is 0.229 e. The van der Waals surface area contributed by atoms with Crippen LogP contribution in [0.2, 0.25) is 0 Å². The first-order chi connectivity index (χ1) is 14.2. The minimum atomic E-state index is 0.583. The van der Waals surface area contributed by atoms with E-state index in [9.17, 15) is 0 Å². The number of hydrogen-bond acceptors (Lipinski definition) is 5. The van der Waals surface area contributed by atoms with Gasteiger partial charge in [-0.3, -0.25) is 0 Å². The third-order valence-electron chi connectivity index (χ3n) is 4.94. The van der Waals surface area contributed by atoms with Crippen LogP contribution in [0.5, 0.6) is 0 Å². The fourth-order valence-electron chi connectivity index (χ4n) is 3.47. The van der Waals surface area contributed by atoms with E-state index in [1.54, 1.807) is 11.3 Å². The third kappa shape index (κ3) is 3.34. The zero-order chi connectivity index (χ0) is 19.8. The zero-order valence-electron chi connectivity index (χ0n) is 16.1. The highest BCUT2D eigenvalue weighted by atomic mass is 32.1. The second-order valence-corrected chi connectivity index (χ2v) is 8.17. The molecule has 0 saturated heterocycles. The normalized spacial score (nSPS) is 11.3. The second kappa shape index (κ2) is 7.26. The van der Waals surface area contributed by atoms with E-state index in [1.807, 2.05) is 24.3 Å². The van der Waals surface area contributed by atoms with Crippen LogP contribution in [0.15, 0.2) is 71.1 Å². The molecule has 0 aliphatic carbocycles. The molecule has 0 spiro atoms. The Bertz CT molecular complexity index is 1290. The van der Waals surface area contributed by atoms with Crippen LogP contribution in [0.25, 0.3) is 43.1 Å². The molecule has 0 saturated carbocycles. The largest absolute Gasteiger partial charge is 0.436 e. The Morgan fingerprint density at radius 2 is 1.93 bits per heavy atom. The molecule has 0 atom stereocenters. The van der Waals surface area contributed by atoms with Gasteiger partial charge in [-0.1, -0.05) is 25.1 Å². The van der Waals surface area contributed by atoms with Crippen molar-refractivity contribution in [3.63, 3.8) is 0 Å². The summed E-state index contributed by atoms with van der Waals surface area (Å²) in [5.41, 5.74) is 11.4. The van der Waals surface area contributed by atoms with Gasteiger partial charge in [0.2, 0.25) is 5.89 Å². The number of nitrogens with zero attached hydrogens (tertiary/aromatic N) is 1. The Hall–Kier alpha value is -3.31. The summed E-state index contributed by atoms with van der Waals surface area (Å²) in [6.45, 7) is 3.02. The molecule has 0 amide bonds. The van der Waals surface area contributed by atoms with Crippen LogP contribution >= 0.6 is 11.3 Å². The Labute approximate surface area is 173 Å². The van der Waals surface area contributed by atoms with Crippen LogP contribution < -0.4 is 11.1 Å². The van der Waals surface area contributed by atoms with Crippen LogP contribution in [-0.4, -0.2) is 11.5 Å². The van der Waals surface area contributed by atoms with Crippen molar-refractivity contribution < 1.29 is 4.42 Å². The third-order valence-corrected chi connectivity index (χ3v) is 6.10. The van der Waals surface area contributed by atoms with E-state index in [-0.39, 0.29) is 0 Å². The molecule has 0 aliphatic rings. The van der Waals surface area contributed by atoms with Crippen molar-refractivity contribution >= 4 is 43.9 Å². The summed E-state index contributed by atoms with van der Waals surface area (Å²) in [5.74, 6) is 0.583. The standard InChI is InChI=1S/C24H21N3OS/c1-2-11-26-19-9-8-17(25)14-18(19)24-27-20-12-16(7-10-21(20)28-24)23-13-15-5-3-4-6-22(15)29-23/h3-10,12-14,26H,2,11,25H2,1H3. The molecular weight excluding hydrogens is 378 g/mol. The van der Waals surface area contributed by atoms with Crippen molar-refractivity contribution in [2.45, 2.75) is 13.3 Å². The number of aromatic nitrogens is 1. The maximum absolute atomic E-state index is 6.08. The summed E-state index contributed by atoms with van der Waals surface area (Å²) in [4.78, 5) is 6.00. The number of anilines is 2.